The third-order valence-electron chi connectivity index (χ3n) is 5.68. The third-order valence-corrected chi connectivity index (χ3v) is 6.49. The summed E-state index contributed by atoms with van der Waals surface area (Å²) in [5.74, 6) is 0.857. The number of likely N-dealkylation sites (N-methyl/N-ethyl adjacent to an activating group) is 1. The molecule has 0 unspecified atom stereocenters. The second kappa shape index (κ2) is 13.6. The van der Waals surface area contributed by atoms with Crippen LogP contribution >= 0.6 is 11.3 Å². The number of aromatic nitrogens is 1. The Morgan fingerprint density at radius 3 is 2.55 bits per heavy atom. The number of nitrogens with one attached hydrogen (secondary N) is 1. The average molecular weight is 543 g/mol. The van der Waals surface area contributed by atoms with E-state index in [1.165, 1.54) is 22.5 Å². The summed E-state index contributed by atoms with van der Waals surface area (Å²) in [6.07, 6.45) is 2.20. The lowest BCUT2D eigenvalue weighted by Crippen LogP contribution is -2.40. The Hall–Kier alpha value is -3.86. The van der Waals surface area contributed by atoms with E-state index >= 15 is 0 Å². The molecule has 3 amide bonds. The number of furan rings is 1. The molecule has 38 heavy (non-hydrogen) atoms. The van der Waals surface area contributed by atoms with Gasteiger partial charge in [0.25, 0.3) is 5.91 Å². The van der Waals surface area contributed by atoms with E-state index < -0.39 is 0 Å². The summed E-state index contributed by atoms with van der Waals surface area (Å²) < 4.78 is 15.8. The summed E-state index contributed by atoms with van der Waals surface area (Å²) in [6.45, 7) is 4.73. The maximum absolute atomic E-state index is 12.7. The minimum atomic E-state index is -0.371. The number of hydrogen-bond acceptors (Lipinski definition) is 8. The zero-order valence-electron chi connectivity index (χ0n) is 22.4. The first-order chi connectivity index (χ1) is 18.2. The first-order valence-electron chi connectivity index (χ1n) is 12.2. The van der Waals surface area contributed by atoms with Crippen LogP contribution in [0.2, 0.25) is 0 Å². The summed E-state index contributed by atoms with van der Waals surface area (Å²) in [6, 6.07) is 8.89. The molecule has 0 aliphatic carbocycles. The van der Waals surface area contributed by atoms with Crippen molar-refractivity contribution in [1.29, 1.82) is 0 Å². The predicted molar refractivity (Wildman–Crippen MR) is 145 cm³/mol. The minimum Gasteiger partial charge on any atom is -0.493 e. The van der Waals surface area contributed by atoms with Gasteiger partial charge in [0, 0.05) is 25.5 Å². The van der Waals surface area contributed by atoms with Crippen molar-refractivity contribution in [3.05, 3.63) is 59.0 Å². The molecule has 0 atom stereocenters. The highest BCUT2D eigenvalue weighted by Crippen LogP contribution is 2.27. The molecule has 0 saturated heterocycles. The van der Waals surface area contributed by atoms with Crippen molar-refractivity contribution >= 4 is 34.2 Å². The number of nitrogens with zero attached hydrogens (tertiary/aromatic N) is 3. The SMILES string of the molecule is COc1ccc(CCN(C)C(=O)Cc2csc(NC(=O)CN(CC(C)C)C(=O)c3ccco3)n2)cc1OC. The second-order valence-electron chi connectivity index (χ2n) is 9.18. The average Bonchev–Trinajstić information content (AvgIpc) is 3.58. The van der Waals surface area contributed by atoms with Gasteiger partial charge in [-0.1, -0.05) is 19.9 Å². The third kappa shape index (κ3) is 8.07. The Balaban J connectivity index is 1.51. The number of thiazole rings is 1. The maximum Gasteiger partial charge on any atom is 0.290 e. The van der Waals surface area contributed by atoms with Crippen molar-refractivity contribution in [2.24, 2.45) is 5.92 Å². The van der Waals surface area contributed by atoms with Crippen LogP contribution in [-0.2, 0) is 22.4 Å². The van der Waals surface area contributed by atoms with Crippen molar-refractivity contribution in [3.63, 3.8) is 0 Å². The van der Waals surface area contributed by atoms with Crippen LogP contribution in [0.15, 0.2) is 46.4 Å². The van der Waals surface area contributed by atoms with Gasteiger partial charge >= 0.3 is 0 Å². The van der Waals surface area contributed by atoms with Gasteiger partial charge in [-0.05, 0) is 42.2 Å². The molecule has 0 aliphatic rings. The first kappa shape index (κ1) is 28.7. The van der Waals surface area contributed by atoms with Crippen molar-refractivity contribution in [2.45, 2.75) is 26.7 Å². The largest absolute Gasteiger partial charge is 0.493 e. The molecule has 3 aromatic rings. The summed E-state index contributed by atoms with van der Waals surface area (Å²) in [4.78, 5) is 45.6. The highest BCUT2D eigenvalue weighted by atomic mass is 32.1. The van der Waals surface area contributed by atoms with Gasteiger partial charge in [-0.3, -0.25) is 14.4 Å². The Morgan fingerprint density at radius 2 is 1.89 bits per heavy atom. The lowest BCUT2D eigenvalue weighted by Gasteiger charge is -2.22. The normalized spacial score (nSPS) is 10.8. The molecular weight excluding hydrogens is 508 g/mol. The number of rotatable bonds is 13. The van der Waals surface area contributed by atoms with E-state index in [-0.39, 0.29) is 42.4 Å². The van der Waals surface area contributed by atoms with Gasteiger partial charge in [-0.25, -0.2) is 4.98 Å². The molecule has 0 radical (unpaired) electrons. The van der Waals surface area contributed by atoms with Gasteiger partial charge in [0.2, 0.25) is 11.8 Å². The number of amides is 3. The fourth-order valence-corrected chi connectivity index (χ4v) is 4.47. The zero-order valence-corrected chi connectivity index (χ0v) is 23.2. The number of carbonyl (C=O) groups is 3. The van der Waals surface area contributed by atoms with Crippen molar-refractivity contribution in [2.75, 3.05) is 46.2 Å². The second-order valence-corrected chi connectivity index (χ2v) is 10.0. The molecule has 204 valence electrons. The predicted octanol–water partition coefficient (Wildman–Crippen LogP) is 3.73. The summed E-state index contributed by atoms with van der Waals surface area (Å²) in [5.41, 5.74) is 1.59. The fourth-order valence-electron chi connectivity index (χ4n) is 3.74. The summed E-state index contributed by atoms with van der Waals surface area (Å²) >= 11 is 1.23. The van der Waals surface area contributed by atoms with Crippen LogP contribution in [0.4, 0.5) is 5.13 Å². The lowest BCUT2D eigenvalue weighted by atomic mass is 10.1. The highest BCUT2D eigenvalue weighted by molar-refractivity contribution is 7.13. The molecule has 1 N–H and O–H groups in total. The van der Waals surface area contributed by atoms with Crippen LogP contribution in [0, 0.1) is 5.92 Å². The number of anilines is 1. The molecule has 2 aromatic heterocycles. The van der Waals surface area contributed by atoms with Crippen molar-refractivity contribution < 1.29 is 28.3 Å². The molecular formula is C27H34N4O6S. The fraction of sp³-hybridized carbons (Fsp3) is 0.407. The Bertz CT molecular complexity index is 1220. The van der Waals surface area contributed by atoms with E-state index in [0.29, 0.717) is 41.8 Å². The van der Waals surface area contributed by atoms with Gasteiger partial charge in [0.05, 0.1) is 32.6 Å². The van der Waals surface area contributed by atoms with Gasteiger partial charge in [0.1, 0.15) is 6.54 Å². The molecule has 0 spiro atoms. The van der Waals surface area contributed by atoms with Crippen molar-refractivity contribution in [3.8, 4) is 11.5 Å². The molecule has 2 heterocycles. The van der Waals surface area contributed by atoms with E-state index in [1.807, 2.05) is 32.0 Å². The van der Waals surface area contributed by atoms with E-state index in [0.717, 1.165) is 5.56 Å². The molecule has 0 bridgehead atoms. The molecule has 0 saturated carbocycles. The van der Waals surface area contributed by atoms with Crippen LogP contribution in [0.3, 0.4) is 0 Å². The standard InChI is InChI=1S/C27H34N4O6S/c1-18(2)15-31(26(34)22-7-6-12-37-22)16-24(32)29-27-28-20(17-38-27)14-25(33)30(3)11-10-19-8-9-21(35-4)23(13-19)36-5/h6-9,12-13,17-18H,10-11,14-16H2,1-5H3,(H,28,29,32). The molecule has 1 aromatic carbocycles. The topological polar surface area (TPSA) is 114 Å². The molecule has 3 rings (SSSR count). The van der Waals surface area contributed by atoms with Gasteiger partial charge in [-0.2, -0.15) is 0 Å². The van der Waals surface area contributed by atoms with E-state index in [1.54, 1.807) is 43.7 Å². The quantitative estimate of drug-likeness (QED) is 0.350. The maximum atomic E-state index is 12.7. The van der Waals surface area contributed by atoms with E-state index in [9.17, 15) is 14.4 Å². The molecule has 0 fully saturated rings. The molecule has 10 nitrogen and oxygen atoms in total. The molecule has 11 heteroatoms. The van der Waals surface area contributed by atoms with Gasteiger partial charge in [-0.15, -0.1) is 11.3 Å². The number of hydrogen-bond donors (Lipinski definition) is 1. The summed E-state index contributed by atoms with van der Waals surface area (Å²) in [7, 11) is 4.92. The number of carbonyl (C=O) groups excluding carboxylic acids is 3. The zero-order chi connectivity index (χ0) is 27.7. The van der Waals surface area contributed by atoms with Crippen LogP contribution < -0.4 is 14.8 Å². The van der Waals surface area contributed by atoms with Crippen molar-refractivity contribution in [1.82, 2.24) is 14.8 Å². The monoisotopic (exact) mass is 542 g/mol. The highest BCUT2D eigenvalue weighted by Gasteiger charge is 2.22. The number of ether oxygens (including phenoxy) is 2. The van der Waals surface area contributed by atoms with Crippen LogP contribution in [0.5, 0.6) is 11.5 Å². The Kier molecular flexibility index (Phi) is 10.3. The summed E-state index contributed by atoms with van der Waals surface area (Å²) in [5, 5.41) is 4.85. The van der Waals surface area contributed by atoms with Crippen LogP contribution in [0.1, 0.15) is 35.7 Å². The van der Waals surface area contributed by atoms with E-state index in [2.05, 4.69) is 10.3 Å². The smallest absolute Gasteiger partial charge is 0.290 e. The molecule has 0 aliphatic heterocycles. The van der Waals surface area contributed by atoms with Crippen LogP contribution in [0.25, 0.3) is 0 Å². The Labute approximate surface area is 226 Å². The Morgan fingerprint density at radius 1 is 1.13 bits per heavy atom. The lowest BCUT2D eigenvalue weighted by molar-refractivity contribution is -0.129. The first-order valence-corrected chi connectivity index (χ1v) is 13.1. The number of methoxy groups -OCH3 is 2. The van der Waals surface area contributed by atoms with E-state index in [4.69, 9.17) is 13.9 Å². The number of benzene rings is 1. The minimum absolute atomic E-state index is 0.0826. The van der Waals surface area contributed by atoms with Gasteiger partial charge < -0.3 is 29.0 Å². The van der Waals surface area contributed by atoms with Crippen LogP contribution in [-0.4, -0.2) is 73.4 Å². The van der Waals surface area contributed by atoms with Gasteiger partial charge in [0.15, 0.2) is 22.4 Å².